The summed E-state index contributed by atoms with van der Waals surface area (Å²) in [6.45, 7) is 4.64. The zero-order valence-corrected chi connectivity index (χ0v) is 21.4. The summed E-state index contributed by atoms with van der Waals surface area (Å²) >= 11 is 1.47. The lowest BCUT2D eigenvalue weighted by Gasteiger charge is -2.33. The van der Waals surface area contributed by atoms with Crippen LogP contribution >= 0.6 is 11.8 Å². The number of benzene rings is 1. The zero-order chi connectivity index (χ0) is 25.4. The molecule has 1 aliphatic heterocycles. The number of likely N-dealkylation sites (tertiary alicyclic amines) is 1. The molecular formula is C24H33N7O3S. The quantitative estimate of drug-likeness (QED) is 0.461. The molecule has 2 amide bonds. The SMILES string of the molecule is C#CCO[C@H](C)[C@H](NC(=O)[C@H](C)N(C)C)C(=O)N1CCC[C@H]1Cn1nnnc1Sc1ccccc1. The fourth-order valence-corrected chi connectivity index (χ4v) is 4.63. The third-order valence-electron chi connectivity index (χ3n) is 6.11. The van der Waals surface area contributed by atoms with Gasteiger partial charge in [0.2, 0.25) is 17.0 Å². The van der Waals surface area contributed by atoms with Crippen LogP contribution in [0, 0.1) is 12.3 Å². The summed E-state index contributed by atoms with van der Waals surface area (Å²) in [7, 11) is 3.63. The van der Waals surface area contributed by atoms with Gasteiger partial charge in [-0.1, -0.05) is 24.1 Å². The van der Waals surface area contributed by atoms with E-state index >= 15 is 0 Å². The average molecular weight is 500 g/mol. The van der Waals surface area contributed by atoms with Crippen LogP contribution in [0.5, 0.6) is 0 Å². The maximum Gasteiger partial charge on any atom is 0.248 e. The molecule has 4 atom stereocenters. The zero-order valence-electron chi connectivity index (χ0n) is 20.6. The summed E-state index contributed by atoms with van der Waals surface area (Å²) < 4.78 is 7.38. The van der Waals surface area contributed by atoms with Gasteiger partial charge < -0.3 is 15.0 Å². The Morgan fingerprint density at radius 1 is 1.31 bits per heavy atom. The number of nitrogens with one attached hydrogen (secondary N) is 1. The number of nitrogens with zero attached hydrogens (tertiary/aromatic N) is 6. The minimum Gasteiger partial charge on any atom is -0.363 e. The highest BCUT2D eigenvalue weighted by molar-refractivity contribution is 7.99. The second-order valence-electron chi connectivity index (χ2n) is 8.73. The molecule has 35 heavy (non-hydrogen) atoms. The van der Waals surface area contributed by atoms with Crippen molar-refractivity contribution in [1.82, 2.24) is 35.3 Å². The molecular weight excluding hydrogens is 466 g/mol. The Balaban J connectivity index is 1.74. The van der Waals surface area contributed by atoms with Crippen LogP contribution in [0.3, 0.4) is 0 Å². The summed E-state index contributed by atoms with van der Waals surface area (Å²) in [6.07, 6.45) is 6.43. The summed E-state index contributed by atoms with van der Waals surface area (Å²) in [5.74, 6) is 1.98. The van der Waals surface area contributed by atoms with Crippen LogP contribution in [-0.2, 0) is 20.9 Å². The highest BCUT2D eigenvalue weighted by Gasteiger charge is 2.38. The number of ether oxygens (including phenoxy) is 1. The van der Waals surface area contributed by atoms with Crippen molar-refractivity contribution < 1.29 is 14.3 Å². The fourth-order valence-electron chi connectivity index (χ4n) is 3.84. The third-order valence-corrected chi connectivity index (χ3v) is 7.09. The van der Waals surface area contributed by atoms with E-state index in [1.807, 2.05) is 44.4 Å². The molecule has 1 N–H and O–H groups in total. The van der Waals surface area contributed by atoms with Crippen molar-refractivity contribution in [3.05, 3.63) is 30.3 Å². The molecule has 0 unspecified atom stereocenters. The Hall–Kier alpha value is -2.94. The standard InChI is InChI=1S/C24H33N7O3S/c1-6-15-34-18(3)21(25-22(32)17(2)29(4)5)23(33)30-14-10-11-19(30)16-31-24(26-27-28-31)35-20-12-8-7-9-13-20/h1,7-9,12-13,17-19,21H,10-11,14-16H2,2-5H3,(H,25,32)/t17-,18+,19-,21-/m0/s1. The van der Waals surface area contributed by atoms with Gasteiger partial charge in [0.1, 0.15) is 12.6 Å². The van der Waals surface area contributed by atoms with Crippen molar-refractivity contribution >= 4 is 23.6 Å². The van der Waals surface area contributed by atoms with Gasteiger partial charge in [-0.2, -0.15) is 0 Å². The molecule has 1 aromatic carbocycles. The average Bonchev–Trinajstić information content (AvgIpc) is 3.50. The van der Waals surface area contributed by atoms with E-state index in [1.165, 1.54) is 11.8 Å². The molecule has 0 aliphatic carbocycles. The summed E-state index contributed by atoms with van der Waals surface area (Å²) in [5, 5.41) is 15.7. The van der Waals surface area contributed by atoms with Crippen molar-refractivity contribution in [2.24, 2.45) is 0 Å². The number of tetrazole rings is 1. The number of carbonyl (C=O) groups excluding carboxylic acids is 2. The minimum absolute atomic E-state index is 0.0537. The van der Waals surface area contributed by atoms with Gasteiger partial charge in [-0.25, -0.2) is 4.68 Å². The number of likely N-dealkylation sites (N-methyl/N-ethyl adjacent to an activating group) is 1. The van der Waals surface area contributed by atoms with Gasteiger partial charge in [0.25, 0.3) is 0 Å². The molecule has 1 aromatic heterocycles. The second-order valence-corrected chi connectivity index (χ2v) is 9.77. The van der Waals surface area contributed by atoms with Crippen LogP contribution in [0.4, 0.5) is 0 Å². The van der Waals surface area contributed by atoms with Gasteiger partial charge in [-0.3, -0.25) is 14.5 Å². The van der Waals surface area contributed by atoms with Crippen molar-refractivity contribution in [3.63, 3.8) is 0 Å². The molecule has 0 bridgehead atoms. The van der Waals surface area contributed by atoms with Gasteiger partial charge in [-0.05, 0) is 75.1 Å². The molecule has 1 saturated heterocycles. The van der Waals surface area contributed by atoms with Crippen LogP contribution < -0.4 is 5.32 Å². The lowest BCUT2D eigenvalue weighted by molar-refractivity contribution is -0.142. The first-order chi connectivity index (χ1) is 16.8. The van der Waals surface area contributed by atoms with E-state index in [0.29, 0.717) is 18.2 Å². The minimum atomic E-state index is -0.856. The van der Waals surface area contributed by atoms with E-state index < -0.39 is 18.2 Å². The maximum atomic E-state index is 13.7. The van der Waals surface area contributed by atoms with E-state index in [4.69, 9.17) is 11.2 Å². The maximum absolute atomic E-state index is 13.7. The molecule has 2 heterocycles. The first-order valence-corrected chi connectivity index (χ1v) is 12.4. The number of aromatic nitrogens is 4. The number of hydrogen-bond acceptors (Lipinski definition) is 8. The first kappa shape index (κ1) is 26.7. The van der Waals surface area contributed by atoms with Crippen LogP contribution in [0.15, 0.2) is 40.4 Å². The molecule has 11 heteroatoms. The Kier molecular flexibility index (Phi) is 9.65. The highest BCUT2D eigenvalue weighted by Crippen LogP contribution is 2.27. The molecule has 0 saturated carbocycles. The van der Waals surface area contributed by atoms with Crippen LogP contribution in [0.1, 0.15) is 26.7 Å². The predicted molar refractivity (Wildman–Crippen MR) is 132 cm³/mol. The van der Waals surface area contributed by atoms with E-state index in [1.54, 1.807) is 28.3 Å². The summed E-state index contributed by atoms with van der Waals surface area (Å²) in [5.41, 5.74) is 0. The van der Waals surface area contributed by atoms with Gasteiger partial charge >= 0.3 is 0 Å². The van der Waals surface area contributed by atoms with Crippen LogP contribution in [0.25, 0.3) is 0 Å². The smallest absolute Gasteiger partial charge is 0.248 e. The molecule has 1 fully saturated rings. The number of amides is 2. The fraction of sp³-hybridized carbons (Fsp3) is 0.542. The molecule has 188 valence electrons. The monoisotopic (exact) mass is 499 g/mol. The van der Waals surface area contributed by atoms with Crippen LogP contribution in [-0.4, -0.2) is 93.3 Å². The Bertz CT molecular complexity index is 1020. The van der Waals surface area contributed by atoms with Crippen molar-refractivity contribution in [2.45, 2.75) is 67.5 Å². The molecule has 0 radical (unpaired) electrons. The van der Waals surface area contributed by atoms with E-state index in [-0.39, 0.29) is 24.5 Å². The Labute approximate surface area is 210 Å². The highest BCUT2D eigenvalue weighted by atomic mass is 32.2. The van der Waals surface area contributed by atoms with Gasteiger partial charge in [0.15, 0.2) is 0 Å². The normalized spacial score (nSPS) is 18.2. The molecule has 0 spiro atoms. The first-order valence-electron chi connectivity index (χ1n) is 11.6. The van der Waals surface area contributed by atoms with E-state index in [2.05, 4.69) is 26.8 Å². The van der Waals surface area contributed by atoms with Crippen molar-refractivity contribution in [1.29, 1.82) is 0 Å². The van der Waals surface area contributed by atoms with Crippen molar-refractivity contribution in [3.8, 4) is 12.3 Å². The van der Waals surface area contributed by atoms with E-state index in [9.17, 15) is 9.59 Å². The number of carbonyl (C=O) groups is 2. The second kappa shape index (κ2) is 12.7. The number of rotatable bonds is 11. The largest absolute Gasteiger partial charge is 0.363 e. The molecule has 2 aromatic rings. The molecule has 1 aliphatic rings. The number of hydrogen-bond donors (Lipinski definition) is 1. The third kappa shape index (κ3) is 7.04. The lowest BCUT2D eigenvalue weighted by atomic mass is 10.1. The topological polar surface area (TPSA) is 105 Å². The Morgan fingerprint density at radius 2 is 2.06 bits per heavy atom. The lowest BCUT2D eigenvalue weighted by Crippen LogP contribution is -2.58. The molecule has 10 nitrogen and oxygen atoms in total. The van der Waals surface area contributed by atoms with Crippen molar-refractivity contribution in [2.75, 3.05) is 27.2 Å². The number of terminal acetylenes is 1. The molecule has 3 rings (SSSR count). The summed E-state index contributed by atoms with van der Waals surface area (Å²) in [6, 6.07) is 8.50. The van der Waals surface area contributed by atoms with Crippen LogP contribution in [0.2, 0.25) is 0 Å². The van der Waals surface area contributed by atoms with Gasteiger partial charge in [0.05, 0.1) is 24.7 Å². The summed E-state index contributed by atoms with van der Waals surface area (Å²) in [4.78, 5) is 31.1. The predicted octanol–water partition coefficient (Wildman–Crippen LogP) is 1.29. The van der Waals surface area contributed by atoms with Gasteiger partial charge in [0, 0.05) is 11.4 Å². The Morgan fingerprint density at radius 3 is 2.74 bits per heavy atom. The van der Waals surface area contributed by atoms with Gasteiger partial charge in [-0.15, -0.1) is 11.5 Å². The van der Waals surface area contributed by atoms with E-state index in [0.717, 1.165) is 17.7 Å².